The Hall–Kier alpha value is -2.77. The van der Waals surface area contributed by atoms with E-state index in [-0.39, 0.29) is 0 Å². The van der Waals surface area contributed by atoms with Crippen LogP contribution in [0.2, 0.25) is 0 Å². The topological polar surface area (TPSA) is 97.2 Å². The van der Waals surface area contributed by atoms with Crippen LogP contribution in [0.3, 0.4) is 0 Å². The van der Waals surface area contributed by atoms with Gasteiger partial charge >= 0.3 is 0 Å². The highest BCUT2D eigenvalue weighted by atomic mass is 15.5. The summed E-state index contributed by atoms with van der Waals surface area (Å²) in [6.45, 7) is 4.29. The molecule has 0 spiro atoms. The van der Waals surface area contributed by atoms with Crippen molar-refractivity contribution in [3.63, 3.8) is 0 Å². The number of aromatic nitrogens is 7. The molecular weight excluding hydrogens is 280 g/mol. The molecule has 0 unspecified atom stereocenters. The third kappa shape index (κ3) is 2.95. The van der Waals surface area contributed by atoms with Crippen LogP contribution in [0.4, 0.5) is 5.95 Å². The van der Waals surface area contributed by atoms with Crippen molar-refractivity contribution in [1.82, 2.24) is 35.4 Å². The lowest BCUT2D eigenvalue weighted by molar-refractivity contribution is 0.665. The number of anilines is 1. The zero-order valence-corrected chi connectivity index (χ0v) is 12.6. The highest BCUT2D eigenvalue weighted by Gasteiger charge is 2.09. The molecule has 3 aromatic rings. The average Bonchev–Trinajstić information content (AvgIpc) is 3.24. The van der Waals surface area contributed by atoms with Gasteiger partial charge in [0.25, 0.3) is 0 Å². The fourth-order valence-electron chi connectivity index (χ4n) is 2.18. The zero-order chi connectivity index (χ0) is 15.4. The summed E-state index contributed by atoms with van der Waals surface area (Å²) in [7, 11) is 0. The molecule has 2 aromatic heterocycles. The van der Waals surface area contributed by atoms with Gasteiger partial charge in [0.1, 0.15) is 6.33 Å². The van der Waals surface area contributed by atoms with Crippen molar-refractivity contribution in [2.45, 2.75) is 32.7 Å². The van der Waals surface area contributed by atoms with E-state index in [0.717, 1.165) is 29.9 Å². The Balaban J connectivity index is 1.76. The van der Waals surface area contributed by atoms with Gasteiger partial charge in [0, 0.05) is 11.6 Å². The smallest absolute Gasteiger partial charge is 0.242 e. The van der Waals surface area contributed by atoms with E-state index in [0.29, 0.717) is 12.0 Å². The lowest BCUT2D eigenvalue weighted by atomic mass is 10.2. The first-order valence-electron chi connectivity index (χ1n) is 7.33. The summed E-state index contributed by atoms with van der Waals surface area (Å²) in [6.07, 6.45) is 3.64. The number of H-pyrrole nitrogens is 1. The molecule has 2 N–H and O–H groups in total. The Morgan fingerprint density at radius 2 is 1.95 bits per heavy atom. The summed E-state index contributed by atoms with van der Waals surface area (Å²) in [6, 6.07) is 8.17. The minimum atomic E-state index is 0.394. The van der Waals surface area contributed by atoms with Crippen LogP contribution in [-0.2, 0) is 0 Å². The number of benzene rings is 1. The third-order valence-corrected chi connectivity index (χ3v) is 3.56. The molecule has 0 aliphatic heterocycles. The SMILES string of the molecule is CCC(CC)Nc1n[nH]c(-c2ccc(-n3cnnn3)cc2)n1. The molecule has 0 saturated carbocycles. The number of rotatable bonds is 6. The van der Waals surface area contributed by atoms with Gasteiger partial charge in [0.2, 0.25) is 5.95 Å². The maximum absolute atomic E-state index is 4.48. The van der Waals surface area contributed by atoms with Crippen LogP contribution in [0.1, 0.15) is 26.7 Å². The molecule has 8 nitrogen and oxygen atoms in total. The van der Waals surface area contributed by atoms with Gasteiger partial charge < -0.3 is 5.32 Å². The molecule has 22 heavy (non-hydrogen) atoms. The molecule has 0 radical (unpaired) electrons. The molecule has 2 heterocycles. The summed E-state index contributed by atoms with van der Waals surface area (Å²) in [4.78, 5) is 4.48. The van der Waals surface area contributed by atoms with E-state index in [1.807, 2.05) is 24.3 Å². The quantitative estimate of drug-likeness (QED) is 0.723. The van der Waals surface area contributed by atoms with Gasteiger partial charge in [0.05, 0.1) is 5.69 Å². The fourth-order valence-corrected chi connectivity index (χ4v) is 2.18. The first-order chi connectivity index (χ1) is 10.8. The van der Waals surface area contributed by atoms with E-state index < -0.39 is 0 Å². The van der Waals surface area contributed by atoms with Crippen LogP contribution in [0.15, 0.2) is 30.6 Å². The normalized spacial score (nSPS) is 11.0. The van der Waals surface area contributed by atoms with Gasteiger partial charge in [-0.15, -0.1) is 10.2 Å². The van der Waals surface area contributed by atoms with Crippen LogP contribution in [0.5, 0.6) is 0 Å². The Morgan fingerprint density at radius 1 is 1.18 bits per heavy atom. The summed E-state index contributed by atoms with van der Waals surface area (Å²) in [5.74, 6) is 1.37. The third-order valence-electron chi connectivity index (χ3n) is 3.56. The maximum atomic E-state index is 4.48. The molecule has 8 heteroatoms. The molecule has 0 bridgehead atoms. The van der Waals surface area contributed by atoms with Crippen molar-refractivity contribution in [2.24, 2.45) is 0 Å². The molecule has 114 valence electrons. The van der Waals surface area contributed by atoms with Gasteiger partial charge in [0.15, 0.2) is 5.82 Å². The van der Waals surface area contributed by atoms with Gasteiger partial charge in [-0.2, -0.15) is 4.98 Å². The number of nitrogens with zero attached hydrogens (tertiary/aromatic N) is 6. The first-order valence-corrected chi connectivity index (χ1v) is 7.33. The predicted molar refractivity (Wildman–Crippen MR) is 82.5 cm³/mol. The van der Waals surface area contributed by atoms with Gasteiger partial charge in [-0.1, -0.05) is 13.8 Å². The maximum Gasteiger partial charge on any atom is 0.242 e. The van der Waals surface area contributed by atoms with Crippen molar-refractivity contribution in [3.8, 4) is 17.1 Å². The van der Waals surface area contributed by atoms with Crippen LogP contribution < -0.4 is 5.32 Å². The van der Waals surface area contributed by atoms with Crippen LogP contribution in [-0.4, -0.2) is 41.4 Å². The van der Waals surface area contributed by atoms with Crippen molar-refractivity contribution >= 4 is 5.95 Å². The predicted octanol–water partition coefficient (Wildman–Crippen LogP) is 2.05. The molecule has 0 atom stereocenters. The molecular formula is C14H18N8. The second kappa shape index (κ2) is 6.33. The monoisotopic (exact) mass is 298 g/mol. The first kappa shape index (κ1) is 14.2. The average molecular weight is 298 g/mol. The van der Waals surface area contributed by atoms with Gasteiger partial charge in [-0.05, 0) is 47.5 Å². The lowest BCUT2D eigenvalue weighted by Crippen LogP contribution is -2.17. The summed E-state index contributed by atoms with van der Waals surface area (Å²) in [5.41, 5.74) is 1.85. The number of tetrazole rings is 1. The Bertz CT molecular complexity index is 697. The summed E-state index contributed by atoms with van der Waals surface area (Å²) < 4.78 is 1.60. The number of hydrogen-bond acceptors (Lipinski definition) is 6. The Kier molecular flexibility index (Phi) is 4.08. The van der Waals surface area contributed by atoms with Crippen molar-refractivity contribution < 1.29 is 0 Å². The van der Waals surface area contributed by atoms with Crippen LogP contribution in [0.25, 0.3) is 17.1 Å². The van der Waals surface area contributed by atoms with E-state index in [1.54, 1.807) is 11.0 Å². The van der Waals surface area contributed by atoms with Gasteiger partial charge in [-0.3, -0.25) is 5.10 Å². The van der Waals surface area contributed by atoms with E-state index in [2.05, 4.69) is 49.9 Å². The fraction of sp³-hybridized carbons (Fsp3) is 0.357. The van der Waals surface area contributed by atoms with Crippen molar-refractivity contribution in [3.05, 3.63) is 30.6 Å². The standard InChI is InChI=1S/C14H18N8/c1-3-11(4-2)16-14-17-13(18-19-14)10-5-7-12(8-6-10)22-9-15-20-21-22/h5-9,11H,3-4H2,1-2H3,(H2,16,17,18,19). The highest BCUT2D eigenvalue weighted by Crippen LogP contribution is 2.18. The molecule has 0 saturated heterocycles. The molecule has 0 aliphatic rings. The number of hydrogen-bond donors (Lipinski definition) is 2. The highest BCUT2D eigenvalue weighted by molar-refractivity contribution is 5.58. The van der Waals surface area contributed by atoms with E-state index in [9.17, 15) is 0 Å². The molecule has 0 fully saturated rings. The molecule has 0 aliphatic carbocycles. The molecule has 3 rings (SSSR count). The van der Waals surface area contributed by atoms with E-state index in [4.69, 9.17) is 0 Å². The lowest BCUT2D eigenvalue weighted by Gasteiger charge is -2.11. The van der Waals surface area contributed by atoms with Crippen molar-refractivity contribution in [2.75, 3.05) is 5.32 Å². The number of aromatic amines is 1. The van der Waals surface area contributed by atoms with Crippen molar-refractivity contribution in [1.29, 1.82) is 0 Å². The molecule has 1 aromatic carbocycles. The van der Waals surface area contributed by atoms with Gasteiger partial charge in [-0.25, -0.2) is 4.68 Å². The van der Waals surface area contributed by atoms with E-state index in [1.165, 1.54) is 0 Å². The second-order valence-electron chi connectivity index (χ2n) is 4.97. The largest absolute Gasteiger partial charge is 0.350 e. The minimum Gasteiger partial charge on any atom is -0.350 e. The Morgan fingerprint density at radius 3 is 2.59 bits per heavy atom. The minimum absolute atomic E-state index is 0.394. The number of nitrogens with one attached hydrogen (secondary N) is 2. The van der Waals surface area contributed by atoms with Crippen LogP contribution >= 0.6 is 0 Å². The van der Waals surface area contributed by atoms with Crippen LogP contribution in [0, 0.1) is 0 Å². The zero-order valence-electron chi connectivity index (χ0n) is 12.6. The Labute approximate surface area is 128 Å². The molecule has 0 amide bonds. The summed E-state index contributed by atoms with van der Waals surface area (Å²) in [5, 5.41) is 21.6. The second-order valence-corrected chi connectivity index (χ2v) is 4.97. The summed E-state index contributed by atoms with van der Waals surface area (Å²) >= 11 is 0. The van der Waals surface area contributed by atoms with E-state index >= 15 is 0 Å².